The van der Waals surface area contributed by atoms with Gasteiger partial charge in [0, 0.05) is 10.8 Å². The van der Waals surface area contributed by atoms with Crippen molar-refractivity contribution in [3.05, 3.63) is 11.6 Å². The van der Waals surface area contributed by atoms with E-state index in [0.717, 1.165) is 18.4 Å². The molecule has 8 fully saturated rings. The lowest BCUT2D eigenvalue weighted by molar-refractivity contribution is -0.371. The highest BCUT2D eigenvalue weighted by atomic mass is 16.8. The first-order chi connectivity index (χ1) is 40.7. The zero-order chi connectivity index (χ0) is 63.9. The Bertz CT molecular complexity index is 2290. The molecule has 27 nitrogen and oxygen atoms in total. The molecule has 3 saturated carbocycles. The van der Waals surface area contributed by atoms with E-state index < -0.39 is 215 Å². The van der Waals surface area contributed by atoms with Crippen LogP contribution in [0, 0.1) is 50.7 Å². The minimum absolute atomic E-state index is 0.0362. The number of allylic oxidation sites excluding steroid dienone is 1. The minimum Gasteiger partial charge on any atom is -0.394 e. The molecule has 4 aliphatic carbocycles. The predicted octanol–water partition coefficient (Wildman–Crippen LogP) is -3.49. The summed E-state index contributed by atoms with van der Waals surface area (Å²) in [4.78, 5) is 0. The minimum atomic E-state index is -1.80. The smallest absolute Gasteiger partial charge is 0.187 e. The molecule has 0 aromatic carbocycles. The monoisotopic (exact) mass is 1250 g/mol. The van der Waals surface area contributed by atoms with Crippen LogP contribution in [-0.2, 0) is 47.4 Å². The van der Waals surface area contributed by atoms with Gasteiger partial charge in [-0.25, -0.2) is 0 Å². The third-order valence-corrected chi connectivity index (χ3v) is 22.7. The number of aliphatic hydroxyl groups excluding tert-OH is 17. The summed E-state index contributed by atoms with van der Waals surface area (Å²) in [5, 5.41) is 183. The van der Waals surface area contributed by atoms with Crippen molar-refractivity contribution < 1.29 is 134 Å². The molecule has 5 aliphatic heterocycles. The van der Waals surface area contributed by atoms with Crippen molar-refractivity contribution in [2.24, 2.45) is 50.7 Å². The van der Waals surface area contributed by atoms with Crippen LogP contribution in [0.1, 0.15) is 114 Å². The molecule has 27 heteroatoms. The molecule has 9 aliphatic rings. The number of hydrogen-bond acceptors (Lipinski definition) is 27. The quantitative estimate of drug-likeness (QED) is 0.0592. The second-order valence-electron chi connectivity index (χ2n) is 29.0. The van der Waals surface area contributed by atoms with Crippen LogP contribution in [0.2, 0.25) is 0 Å². The van der Waals surface area contributed by atoms with Gasteiger partial charge in [0.05, 0.1) is 51.3 Å². The molecule has 504 valence electrons. The van der Waals surface area contributed by atoms with E-state index in [0.29, 0.717) is 38.5 Å². The maximum Gasteiger partial charge on any atom is 0.187 e. The normalized spacial score (nSPS) is 51.8. The van der Waals surface area contributed by atoms with E-state index >= 15 is 0 Å². The highest BCUT2D eigenvalue weighted by Gasteiger charge is 2.70. The first-order valence-electron chi connectivity index (χ1n) is 31.2. The lowest BCUT2D eigenvalue weighted by atomic mass is 9.38. The van der Waals surface area contributed by atoms with Gasteiger partial charge in [0.2, 0.25) is 0 Å². The summed E-state index contributed by atoms with van der Waals surface area (Å²) in [6, 6.07) is 0. The van der Waals surface area contributed by atoms with E-state index in [4.69, 9.17) is 47.4 Å². The lowest BCUT2D eigenvalue weighted by Gasteiger charge is -2.67. The molecular formula is C60H102O27. The van der Waals surface area contributed by atoms with Crippen molar-refractivity contribution in [1.29, 1.82) is 0 Å². The Labute approximate surface area is 507 Å². The van der Waals surface area contributed by atoms with Gasteiger partial charge >= 0.3 is 0 Å². The molecule has 0 amide bonds. The first-order valence-corrected chi connectivity index (χ1v) is 31.2. The first kappa shape index (κ1) is 70.0. The highest BCUT2D eigenvalue weighted by molar-refractivity contribution is 5.32. The SMILES string of the molecule is C[C@H](CCC(OC1OC(COC2OC(CO)C(O)C(O)C2O)C(O)C(O)C1OC1OCC(O)C(O)C1O)C(C)(C)C)[C@H]1CC[C@@]2(C)[C@@H]3CC=C4[C@@H](CC[C@H](OC5OC(COC6OC(CO)C(O)C(O)C6O)C(O)C(O)C5O)C4(C)C)[C@]3(C)[C@H](O)C[C@]12C. The summed E-state index contributed by atoms with van der Waals surface area (Å²) in [5.41, 5.74) is -1.18. The average molecular weight is 1260 g/mol. The van der Waals surface area contributed by atoms with Crippen LogP contribution >= 0.6 is 0 Å². The number of aliphatic hydroxyl groups is 17. The van der Waals surface area contributed by atoms with Gasteiger partial charge in [0.25, 0.3) is 0 Å². The molecule has 87 heavy (non-hydrogen) atoms. The summed E-state index contributed by atoms with van der Waals surface area (Å²) >= 11 is 0. The predicted molar refractivity (Wildman–Crippen MR) is 297 cm³/mol. The molecule has 5 heterocycles. The van der Waals surface area contributed by atoms with Crippen LogP contribution in [-0.4, -0.2) is 286 Å². The molecule has 17 N–H and O–H groups in total. The molecule has 25 unspecified atom stereocenters. The van der Waals surface area contributed by atoms with E-state index in [1.807, 2.05) is 20.8 Å². The van der Waals surface area contributed by atoms with Crippen molar-refractivity contribution in [3.63, 3.8) is 0 Å². The highest BCUT2D eigenvalue weighted by Crippen LogP contribution is 2.75. The van der Waals surface area contributed by atoms with Crippen molar-refractivity contribution in [1.82, 2.24) is 0 Å². The van der Waals surface area contributed by atoms with Gasteiger partial charge in [-0.15, -0.1) is 0 Å². The maximum absolute atomic E-state index is 12.9. The summed E-state index contributed by atoms with van der Waals surface area (Å²) in [6.07, 6.45) is -32.4. The summed E-state index contributed by atoms with van der Waals surface area (Å²) in [5.74, 6) is 0.323. The Morgan fingerprint density at radius 2 is 1.06 bits per heavy atom. The maximum atomic E-state index is 12.9. The summed E-state index contributed by atoms with van der Waals surface area (Å²) in [6.45, 7) is 16.4. The Morgan fingerprint density at radius 3 is 1.61 bits per heavy atom. The number of ether oxygens (including phenoxy) is 10. The van der Waals surface area contributed by atoms with Gasteiger partial charge in [-0.2, -0.15) is 0 Å². The van der Waals surface area contributed by atoms with Crippen LogP contribution < -0.4 is 0 Å². The standard InChI is InChI=1S/C60H102O27/c1-24(10-14-35(56(2,3)4)85-55-50(87-53-46(74)37(65)28(63)21-78-53)45(73)41(69)32(84-55)23-80-52-48(76)43(71)39(67)30(20-62)82-52)25-16-17-58(7)33-13-11-26-27(60(33,9)34(64)18-59(25,58)8)12-15-36(57(26,5)6)86-54-49(77)44(72)40(68)31(83-54)22-79-51-47(75)42(70)38(66)29(19-61)81-51/h11,24-25,27-55,61-77H,10,12-23H2,1-9H3/t24-,25-,27-,28?,29?,30?,31?,32?,33+,34-,35?,36+,37?,38?,39?,40?,41?,42?,43?,44?,45?,46?,47?,48?,49?,50?,51?,52?,53?,54?,55?,58+,59-,60+/m1/s1. The zero-order valence-corrected chi connectivity index (χ0v) is 51.4. The van der Waals surface area contributed by atoms with Gasteiger partial charge in [0.1, 0.15) is 116 Å². The molecular weight excluding hydrogens is 1150 g/mol. The van der Waals surface area contributed by atoms with E-state index in [-0.39, 0.29) is 34.5 Å². The van der Waals surface area contributed by atoms with E-state index in [9.17, 15) is 86.8 Å². The van der Waals surface area contributed by atoms with Crippen LogP contribution in [0.25, 0.3) is 0 Å². The fourth-order valence-electron chi connectivity index (χ4n) is 16.8. The number of rotatable bonds is 18. The van der Waals surface area contributed by atoms with E-state index in [2.05, 4.69) is 47.6 Å². The molecule has 9 rings (SSSR count). The Morgan fingerprint density at radius 1 is 0.552 bits per heavy atom. The van der Waals surface area contributed by atoms with Gasteiger partial charge < -0.3 is 134 Å². The van der Waals surface area contributed by atoms with Gasteiger partial charge in [-0.05, 0) is 91.3 Å². The van der Waals surface area contributed by atoms with Crippen LogP contribution in [0.5, 0.6) is 0 Å². The molecule has 34 atom stereocenters. The second-order valence-corrected chi connectivity index (χ2v) is 29.0. The molecule has 5 saturated heterocycles. The molecule has 0 aromatic heterocycles. The van der Waals surface area contributed by atoms with Crippen LogP contribution in [0.4, 0.5) is 0 Å². The molecule has 0 bridgehead atoms. The summed E-state index contributed by atoms with van der Waals surface area (Å²) in [7, 11) is 0. The Hall–Kier alpha value is -1.34. The second kappa shape index (κ2) is 26.8. The number of fused-ring (bicyclic) bond motifs is 5. The summed E-state index contributed by atoms with van der Waals surface area (Å²) < 4.78 is 59.8. The number of hydrogen-bond donors (Lipinski definition) is 17. The zero-order valence-electron chi connectivity index (χ0n) is 51.4. The molecule has 0 spiro atoms. The van der Waals surface area contributed by atoms with Gasteiger partial charge in [-0.1, -0.05) is 74.0 Å². The van der Waals surface area contributed by atoms with Gasteiger partial charge in [0.15, 0.2) is 31.5 Å². The fraction of sp³-hybridized carbons (Fsp3) is 0.967. The van der Waals surface area contributed by atoms with Crippen LogP contribution in [0.15, 0.2) is 11.6 Å². The van der Waals surface area contributed by atoms with Gasteiger partial charge in [-0.3, -0.25) is 0 Å². The van der Waals surface area contributed by atoms with E-state index in [1.54, 1.807) is 0 Å². The topological polar surface area (TPSA) is 436 Å². The van der Waals surface area contributed by atoms with Crippen LogP contribution in [0.3, 0.4) is 0 Å². The van der Waals surface area contributed by atoms with Crippen molar-refractivity contribution >= 4 is 0 Å². The Kier molecular flexibility index (Phi) is 21.6. The molecule has 0 radical (unpaired) electrons. The largest absolute Gasteiger partial charge is 0.394 e. The van der Waals surface area contributed by atoms with Crippen molar-refractivity contribution in [2.45, 2.75) is 279 Å². The third kappa shape index (κ3) is 12.8. The Balaban J connectivity index is 0.875. The fourth-order valence-corrected chi connectivity index (χ4v) is 16.8. The average Bonchev–Trinajstić information content (AvgIpc) is 1.66. The lowest BCUT2D eigenvalue weighted by Crippen LogP contribution is -2.65. The third-order valence-electron chi connectivity index (χ3n) is 22.7. The van der Waals surface area contributed by atoms with Crippen molar-refractivity contribution in [3.8, 4) is 0 Å². The van der Waals surface area contributed by atoms with Crippen molar-refractivity contribution in [2.75, 3.05) is 33.0 Å². The molecule has 0 aromatic rings. The van der Waals surface area contributed by atoms with E-state index in [1.165, 1.54) is 0 Å².